The number of rotatable bonds is 10. The van der Waals surface area contributed by atoms with Crippen molar-refractivity contribution in [3.63, 3.8) is 0 Å². The van der Waals surface area contributed by atoms with Crippen molar-refractivity contribution in [2.45, 2.75) is 39.1 Å². The van der Waals surface area contributed by atoms with Crippen LogP contribution in [0.1, 0.15) is 31.4 Å². The molecular weight excluding hydrogens is 417 g/mol. The van der Waals surface area contributed by atoms with Gasteiger partial charge in [-0.15, -0.1) is 0 Å². The van der Waals surface area contributed by atoms with Gasteiger partial charge in [-0.2, -0.15) is 0 Å². The monoisotopic (exact) mass is 445 g/mol. The molecule has 2 unspecified atom stereocenters. The predicted molar refractivity (Wildman–Crippen MR) is 119 cm³/mol. The number of hydrogen-bond donors (Lipinski definition) is 2. The van der Waals surface area contributed by atoms with Crippen molar-refractivity contribution in [2.24, 2.45) is 0 Å². The molecule has 0 aliphatic carbocycles. The van der Waals surface area contributed by atoms with Crippen LogP contribution in [0, 0.1) is 0 Å². The normalized spacial score (nSPS) is 14.2. The van der Waals surface area contributed by atoms with Crippen LogP contribution < -0.4 is 5.32 Å². The van der Waals surface area contributed by atoms with Crippen molar-refractivity contribution in [3.05, 3.63) is 83.2 Å². The van der Waals surface area contributed by atoms with Crippen molar-refractivity contribution in [3.8, 4) is 0 Å². The van der Waals surface area contributed by atoms with Crippen molar-refractivity contribution >= 4 is 19.4 Å². The van der Waals surface area contributed by atoms with E-state index in [-0.39, 0.29) is 25.2 Å². The Morgan fingerprint density at radius 2 is 1.61 bits per heavy atom. The number of carbonyl (C=O) groups excluding carboxylic acids is 2. The van der Waals surface area contributed by atoms with Crippen LogP contribution in [0.3, 0.4) is 0 Å². The number of amides is 1. The molecule has 2 aromatic rings. The van der Waals surface area contributed by atoms with E-state index in [0.29, 0.717) is 6.42 Å². The highest BCUT2D eigenvalue weighted by Crippen LogP contribution is 2.48. The average Bonchev–Trinajstić information content (AvgIpc) is 2.76. The molecule has 0 bridgehead atoms. The zero-order valence-electron chi connectivity index (χ0n) is 17.7. The van der Waals surface area contributed by atoms with Gasteiger partial charge in [0.25, 0.3) is 0 Å². The van der Waals surface area contributed by atoms with Gasteiger partial charge >= 0.3 is 12.1 Å². The largest absolute Gasteiger partial charge is 0.463 e. The van der Waals surface area contributed by atoms with Crippen LogP contribution in [-0.4, -0.2) is 29.3 Å². The maximum Gasteiger partial charge on any atom is 0.408 e. The fourth-order valence-electron chi connectivity index (χ4n) is 2.73. The Kier molecular flexibility index (Phi) is 9.50. The van der Waals surface area contributed by atoms with Gasteiger partial charge in [-0.05, 0) is 37.8 Å². The number of esters is 1. The zero-order valence-corrected chi connectivity index (χ0v) is 18.6. The number of aryl methyl sites for hydroxylation is 1. The van der Waals surface area contributed by atoms with Crippen molar-refractivity contribution in [2.75, 3.05) is 6.61 Å². The maximum absolute atomic E-state index is 12.9. The zero-order chi connectivity index (χ0) is 22.7. The lowest BCUT2D eigenvalue weighted by molar-refractivity contribution is -0.138. The first-order valence-corrected chi connectivity index (χ1v) is 11.8. The van der Waals surface area contributed by atoms with Crippen LogP contribution >= 0.6 is 7.37 Å². The van der Waals surface area contributed by atoms with E-state index in [1.165, 1.54) is 6.92 Å². The van der Waals surface area contributed by atoms with Gasteiger partial charge in [-0.25, -0.2) is 9.59 Å². The summed E-state index contributed by atoms with van der Waals surface area (Å²) in [6.45, 7) is 3.24. The lowest BCUT2D eigenvalue weighted by atomic mass is 10.1. The molecule has 2 atom stereocenters. The summed E-state index contributed by atoms with van der Waals surface area (Å²) in [5.41, 5.74) is 1.88. The molecule has 0 aromatic heterocycles. The van der Waals surface area contributed by atoms with E-state index in [2.05, 4.69) is 5.32 Å². The van der Waals surface area contributed by atoms with E-state index in [9.17, 15) is 19.0 Å². The molecular formula is C23H28NO6P. The minimum atomic E-state index is -4.06. The highest BCUT2D eigenvalue weighted by molar-refractivity contribution is 7.62. The van der Waals surface area contributed by atoms with Crippen LogP contribution in [-0.2, 0) is 31.9 Å². The summed E-state index contributed by atoms with van der Waals surface area (Å²) in [6.07, 6.45) is -0.0775. The second kappa shape index (κ2) is 12.1. The Morgan fingerprint density at radius 1 is 1.03 bits per heavy atom. The fraction of sp³-hybridized carbons (Fsp3) is 0.304. The number of alkyl carbamates (subject to hydrolysis) is 1. The Morgan fingerprint density at radius 3 is 2.19 bits per heavy atom. The summed E-state index contributed by atoms with van der Waals surface area (Å²) in [6, 6.07) is 18.6. The molecule has 0 saturated carbocycles. The van der Waals surface area contributed by atoms with Gasteiger partial charge in [0.05, 0.1) is 6.61 Å². The number of nitrogens with one attached hydrogen (secondary N) is 1. The summed E-state index contributed by atoms with van der Waals surface area (Å²) in [4.78, 5) is 34.8. The Balaban J connectivity index is 2.03. The smallest absolute Gasteiger partial charge is 0.408 e. The predicted octanol–water partition coefficient (Wildman–Crippen LogP) is 4.61. The van der Waals surface area contributed by atoms with E-state index in [1.807, 2.05) is 48.5 Å². The molecule has 166 valence electrons. The van der Waals surface area contributed by atoms with E-state index >= 15 is 0 Å². The minimum Gasteiger partial charge on any atom is -0.463 e. The molecule has 2 N–H and O–H groups in total. The van der Waals surface area contributed by atoms with E-state index < -0.39 is 25.2 Å². The average molecular weight is 445 g/mol. The standard InChI is InChI=1S/C23H28NO6P/c1-3-29-22(25)21(15-14-19-10-6-4-7-11-19)17-31(27,28)18(2)24-23(26)30-16-20-12-8-5-9-13-20/h4-13,17-18H,3,14-16H2,1-2H3,(H,24,26)(H,27,28). The van der Waals surface area contributed by atoms with E-state index in [4.69, 9.17) is 9.47 Å². The lowest BCUT2D eigenvalue weighted by Gasteiger charge is -2.19. The summed E-state index contributed by atoms with van der Waals surface area (Å²) in [7, 11) is -4.06. The number of ether oxygens (including phenoxy) is 2. The van der Waals surface area contributed by atoms with Gasteiger partial charge in [0.2, 0.25) is 7.37 Å². The van der Waals surface area contributed by atoms with Gasteiger partial charge in [0, 0.05) is 11.4 Å². The van der Waals surface area contributed by atoms with E-state index in [0.717, 1.165) is 16.9 Å². The first-order valence-electron chi connectivity index (χ1n) is 10.0. The summed E-state index contributed by atoms with van der Waals surface area (Å²) >= 11 is 0. The third-order valence-corrected chi connectivity index (χ3v) is 6.42. The Bertz CT molecular complexity index is 930. The lowest BCUT2D eigenvalue weighted by Crippen LogP contribution is -2.32. The molecule has 0 fully saturated rings. The molecule has 8 heteroatoms. The maximum atomic E-state index is 12.9. The molecule has 31 heavy (non-hydrogen) atoms. The fourth-order valence-corrected chi connectivity index (χ4v) is 3.92. The summed E-state index contributed by atoms with van der Waals surface area (Å²) in [5.74, 6) is -0.765. The minimum absolute atomic E-state index is 0.0378. The number of carbonyl (C=O) groups is 2. The SMILES string of the molecule is CCOC(=O)C(=CP(=O)(O)C(C)NC(=O)OCc1ccccc1)CCc1ccccc1. The molecule has 0 heterocycles. The van der Waals surface area contributed by atoms with Gasteiger partial charge < -0.3 is 19.7 Å². The summed E-state index contributed by atoms with van der Waals surface area (Å²) in [5, 5.41) is 2.37. The molecule has 0 aliphatic rings. The third-order valence-electron chi connectivity index (χ3n) is 4.50. The van der Waals surface area contributed by atoms with Gasteiger partial charge in [-0.1, -0.05) is 60.7 Å². The topological polar surface area (TPSA) is 102 Å². The van der Waals surface area contributed by atoms with Crippen molar-refractivity contribution < 1.29 is 28.5 Å². The van der Waals surface area contributed by atoms with Crippen LogP contribution in [0.2, 0.25) is 0 Å². The number of benzene rings is 2. The first-order chi connectivity index (χ1) is 14.8. The Hall–Kier alpha value is -2.89. The quantitative estimate of drug-likeness (QED) is 0.315. The molecule has 2 rings (SSSR count). The number of hydrogen-bond acceptors (Lipinski definition) is 5. The van der Waals surface area contributed by atoms with Crippen LogP contribution in [0.25, 0.3) is 0 Å². The van der Waals surface area contributed by atoms with Crippen LogP contribution in [0.5, 0.6) is 0 Å². The highest BCUT2D eigenvalue weighted by Gasteiger charge is 2.29. The molecule has 0 radical (unpaired) electrons. The second-order valence-electron chi connectivity index (χ2n) is 6.91. The Labute approximate surface area is 182 Å². The van der Waals surface area contributed by atoms with Crippen molar-refractivity contribution in [1.82, 2.24) is 5.32 Å². The molecule has 0 aliphatic heterocycles. The third kappa shape index (κ3) is 8.40. The first kappa shape index (κ1) is 24.4. The van der Waals surface area contributed by atoms with Crippen LogP contribution in [0.15, 0.2) is 72.1 Å². The van der Waals surface area contributed by atoms with Gasteiger partial charge in [0.1, 0.15) is 12.4 Å². The van der Waals surface area contributed by atoms with Crippen molar-refractivity contribution in [1.29, 1.82) is 0 Å². The molecule has 2 aromatic carbocycles. The molecule has 0 spiro atoms. The van der Waals surface area contributed by atoms with Gasteiger partial charge in [-0.3, -0.25) is 4.57 Å². The second-order valence-corrected chi connectivity index (χ2v) is 9.29. The molecule has 0 saturated heterocycles. The molecule has 1 amide bonds. The summed E-state index contributed by atoms with van der Waals surface area (Å²) < 4.78 is 23.0. The highest BCUT2D eigenvalue weighted by atomic mass is 31.2. The molecule has 7 nitrogen and oxygen atoms in total. The van der Waals surface area contributed by atoms with Crippen LogP contribution in [0.4, 0.5) is 4.79 Å². The van der Waals surface area contributed by atoms with Gasteiger partial charge in [0.15, 0.2) is 0 Å². The van der Waals surface area contributed by atoms with E-state index in [1.54, 1.807) is 19.1 Å².